The Morgan fingerprint density at radius 3 is 2.00 bits per heavy atom. The predicted molar refractivity (Wildman–Crippen MR) is 189 cm³/mol. The van der Waals surface area contributed by atoms with Crippen LogP contribution in [0.4, 0.5) is 17.1 Å². The summed E-state index contributed by atoms with van der Waals surface area (Å²) < 4.78 is 0.280. The van der Waals surface area contributed by atoms with Crippen LogP contribution in [0.3, 0.4) is 0 Å². The number of carboxylic acid groups (broad SMARTS) is 1. The van der Waals surface area contributed by atoms with Crippen LogP contribution < -0.4 is 4.90 Å². The topological polar surface area (TPSA) is 60.9 Å². The third-order valence-electron chi connectivity index (χ3n) is 7.54. The third-order valence-corrected chi connectivity index (χ3v) is 10.1. The fraction of sp³-hybridized carbons (Fsp3) is 0.250. The van der Waals surface area contributed by atoms with Crippen molar-refractivity contribution in [1.82, 2.24) is 4.90 Å². The summed E-state index contributed by atoms with van der Waals surface area (Å²) in [5.41, 5.74) is 8.11. The molecule has 1 aliphatic heterocycles. The number of hydrogen-bond acceptors (Lipinski definition) is 6. The van der Waals surface area contributed by atoms with E-state index in [-0.39, 0.29) is 10.2 Å². The second kappa shape index (κ2) is 14.4. The SMILES string of the molecule is CCCCCCc1cc(/C=C2\SC(=S)N(CC(=O)O)C2=O)sc1-c1ccc(N(c2ccc(C)cc2)c2ccc(C)cc2)cc1. The third kappa shape index (κ3) is 7.49. The first kappa shape index (κ1) is 31.7. The highest BCUT2D eigenvalue weighted by Crippen LogP contribution is 2.40. The van der Waals surface area contributed by atoms with Gasteiger partial charge in [-0.15, -0.1) is 11.3 Å². The number of thioether (sulfide) groups is 1. The van der Waals surface area contributed by atoms with E-state index in [1.165, 1.54) is 40.8 Å². The van der Waals surface area contributed by atoms with Gasteiger partial charge in [-0.1, -0.05) is 97.7 Å². The second-order valence-corrected chi connectivity index (χ2v) is 13.8. The Labute approximate surface area is 273 Å². The van der Waals surface area contributed by atoms with Crippen molar-refractivity contribution in [2.75, 3.05) is 11.4 Å². The number of amides is 1. The Hall–Kier alpha value is -3.72. The smallest absolute Gasteiger partial charge is 0.323 e. The van der Waals surface area contributed by atoms with Gasteiger partial charge in [0.1, 0.15) is 10.9 Å². The molecule has 1 fully saturated rings. The van der Waals surface area contributed by atoms with Crippen molar-refractivity contribution < 1.29 is 14.7 Å². The van der Waals surface area contributed by atoms with E-state index in [9.17, 15) is 14.7 Å². The molecular formula is C36H36N2O3S3. The lowest BCUT2D eigenvalue weighted by molar-refractivity contribution is -0.140. The van der Waals surface area contributed by atoms with E-state index in [1.54, 1.807) is 11.3 Å². The van der Waals surface area contributed by atoms with Gasteiger partial charge < -0.3 is 10.0 Å². The first-order valence-electron chi connectivity index (χ1n) is 14.9. The van der Waals surface area contributed by atoms with E-state index in [1.807, 2.05) is 6.08 Å². The van der Waals surface area contributed by atoms with Crippen LogP contribution in [0.2, 0.25) is 0 Å². The van der Waals surface area contributed by atoms with Crippen LogP contribution in [0.25, 0.3) is 16.5 Å². The molecule has 0 saturated carbocycles. The van der Waals surface area contributed by atoms with Crippen LogP contribution in [-0.4, -0.2) is 32.7 Å². The zero-order valence-electron chi connectivity index (χ0n) is 25.2. The number of carboxylic acids is 1. The summed E-state index contributed by atoms with van der Waals surface area (Å²) in [6.45, 7) is 5.99. The fourth-order valence-electron chi connectivity index (χ4n) is 5.19. The number of aryl methyl sites for hydroxylation is 3. The Morgan fingerprint density at radius 2 is 1.45 bits per heavy atom. The van der Waals surface area contributed by atoms with E-state index in [2.05, 4.69) is 105 Å². The number of carbonyl (C=O) groups excluding carboxylic acids is 1. The summed E-state index contributed by atoms with van der Waals surface area (Å²) >= 11 is 8.12. The first-order chi connectivity index (χ1) is 21.2. The number of aliphatic carboxylic acids is 1. The molecule has 226 valence electrons. The van der Waals surface area contributed by atoms with Crippen LogP contribution >= 0.6 is 35.3 Å². The molecule has 4 aromatic rings. The summed E-state index contributed by atoms with van der Waals surface area (Å²) in [7, 11) is 0. The Bertz CT molecular complexity index is 1630. The summed E-state index contributed by atoms with van der Waals surface area (Å²) in [6.07, 6.45) is 7.48. The number of thiocarbonyl (C=S) groups is 1. The van der Waals surface area contributed by atoms with Crippen molar-refractivity contribution in [3.8, 4) is 10.4 Å². The summed E-state index contributed by atoms with van der Waals surface area (Å²) in [4.78, 5) is 30.2. The molecule has 44 heavy (non-hydrogen) atoms. The molecule has 1 aromatic heterocycles. The Kier molecular flexibility index (Phi) is 10.4. The minimum Gasteiger partial charge on any atom is -0.480 e. The lowest BCUT2D eigenvalue weighted by Gasteiger charge is -2.26. The van der Waals surface area contributed by atoms with Crippen molar-refractivity contribution in [3.63, 3.8) is 0 Å². The van der Waals surface area contributed by atoms with E-state index in [0.717, 1.165) is 57.0 Å². The van der Waals surface area contributed by atoms with Crippen molar-refractivity contribution in [3.05, 3.63) is 105 Å². The molecule has 5 nitrogen and oxygen atoms in total. The number of benzene rings is 3. The molecule has 1 amide bonds. The maximum Gasteiger partial charge on any atom is 0.323 e. The van der Waals surface area contributed by atoms with Crippen molar-refractivity contribution in [2.24, 2.45) is 0 Å². The maximum absolute atomic E-state index is 12.9. The van der Waals surface area contributed by atoms with E-state index < -0.39 is 12.5 Å². The molecule has 1 aliphatic rings. The zero-order chi connectivity index (χ0) is 31.2. The van der Waals surface area contributed by atoms with Crippen LogP contribution in [0.5, 0.6) is 0 Å². The van der Waals surface area contributed by atoms with Gasteiger partial charge in [0.15, 0.2) is 0 Å². The highest BCUT2D eigenvalue weighted by Gasteiger charge is 2.33. The minimum absolute atomic E-state index is 0.280. The average Bonchev–Trinajstić information content (AvgIpc) is 3.53. The number of unbranched alkanes of at least 4 members (excludes halogenated alkanes) is 3. The number of carbonyl (C=O) groups is 2. The highest BCUT2D eigenvalue weighted by molar-refractivity contribution is 8.26. The standard InChI is InChI=1S/C36H36N2O3S3/c1-4-5-6-7-8-27-21-31(22-32-35(41)37(23-33(39)40)36(42)44-32)43-34(27)26-13-19-30(20-14-26)38(28-15-9-24(2)10-16-28)29-17-11-25(3)12-18-29/h9-22H,4-8,23H2,1-3H3,(H,39,40)/b32-22-. The van der Waals surface area contributed by atoms with Gasteiger partial charge in [-0.2, -0.15) is 0 Å². The fourth-order valence-corrected chi connectivity index (χ4v) is 7.67. The predicted octanol–water partition coefficient (Wildman–Crippen LogP) is 9.91. The summed E-state index contributed by atoms with van der Waals surface area (Å²) in [6, 6.07) is 28.1. The molecule has 2 heterocycles. The van der Waals surface area contributed by atoms with Crippen LogP contribution in [-0.2, 0) is 16.0 Å². The van der Waals surface area contributed by atoms with Gasteiger partial charge in [0.2, 0.25) is 0 Å². The first-order valence-corrected chi connectivity index (χ1v) is 16.9. The molecule has 0 unspecified atom stereocenters. The number of anilines is 3. The molecule has 1 saturated heterocycles. The summed E-state index contributed by atoms with van der Waals surface area (Å²) in [5.74, 6) is -1.43. The minimum atomic E-state index is -1.08. The average molecular weight is 641 g/mol. The van der Waals surface area contributed by atoms with E-state index >= 15 is 0 Å². The van der Waals surface area contributed by atoms with Gasteiger partial charge in [-0.25, -0.2) is 0 Å². The van der Waals surface area contributed by atoms with Crippen LogP contribution in [0, 0.1) is 13.8 Å². The van der Waals surface area contributed by atoms with Gasteiger partial charge in [0, 0.05) is 26.8 Å². The van der Waals surface area contributed by atoms with Crippen molar-refractivity contribution in [2.45, 2.75) is 52.9 Å². The van der Waals surface area contributed by atoms with Gasteiger partial charge in [-0.05, 0) is 86.4 Å². The van der Waals surface area contributed by atoms with Crippen molar-refractivity contribution >= 4 is 74.7 Å². The molecule has 1 N–H and O–H groups in total. The Morgan fingerprint density at radius 1 is 0.886 bits per heavy atom. The largest absolute Gasteiger partial charge is 0.480 e. The zero-order valence-corrected chi connectivity index (χ0v) is 27.7. The van der Waals surface area contributed by atoms with Gasteiger partial charge in [0.25, 0.3) is 5.91 Å². The molecule has 5 rings (SSSR count). The molecule has 0 aliphatic carbocycles. The van der Waals surface area contributed by atoms with Crippen LogP contribution in [0.1, 0.15) is 54.2 Å². The highest BCUT2D eigenvalue weighted by atomic mass is 32.2. The quantitative estimate of drug-likeness (QED) is 0.0945. The number of thiophene rings is 1. The van der Waals surface area contributed by atoms with Crippen molar-refractivity contribution in [1.29, 1.82) is 0 Å². The lowest BCUT2D eigenvalue weighted by Crippen LogP contribution is -2.33. The van der Waals surface area contributed by atoms with E-state index in [0.29, 0.717) is 4.91 Å². The van der Waals surface area contributed by atoms with Gasteiger partial charge in [-0.3, -0.25) is 14.5 Å². The number of rotatable bonds is 12. The molecule has 0 bridgehead atoms. The lowest BCUT2D eigenvalue weighted by atomic mass is 10.0. The molecule has 3 aromatic carbocycles. The molecule has 8 heteroatoms. The molecule has 0 spiro atoms. The molecule has 0 atom stereocenters. The molecule has 0 radical (unpaired) electrons. The van der Waals surface area contributed by atoms with E-state index in [4.69, 9.17) is 12.2 Å². The van der Waals surface area contributed by atoms with Gasteiger partial charge >= 0.3 is 5.97 Å². The molecular weight excluding hydrogens is 605 g/mol. The second-order valence-electron chi connectivity index (χ2n) is 11.0. The monoisotopic (exact) mass is 640 g/mol. The van der Waals surface area contributed by atoms with Crippen LogP contribution in [0.15, 0.2) is 83.8 Å². The summed E-state index contributed by atoms with van der Waals surface area (Å²) in [5, 5.41) is 9.19. The van der Waals surface area contributed by atoms with Gasteiger partial charge in [0.05, 0.1) is 4.91 Å². The number of hydrogen-bond donors (Lipinski definition) is 1. The normalized spacial score (nSPS) is 14.1. The number of nitrogens with zero attached hydrogens (tertiary/aromatic N) is 2. The maximum atomic E-state index is 12.9. The Balaban J connectivity index is 1.48.